The minimum atomic E-state index is -3.09. The molecule has 0 aromatic heterocycles. The second-order valence-corrected chi connectivity index (χ2v) is 4.72. The van der Waals surface area contributed by atoms with E-state index in [2.05, 4.69) is 5.32 Å². The van der Waals surface area contributed by atoms with E-state index in [1.807, 2.05) is 0 Å². The molecule has 0 bridgehead atoms. The number of ether oxygens (including phenoxy) is 2. The third-order valence-electron chi connectivity index (χ3n) is 3.28. The maximum absolute atomic E-state index is 13.8. The fraction of sp³-hybridized carbons (Fsp3) is 0.462. The van der Waals surface area contributed by atoms with Gasteiger partial charge in [-0.15, -0.1) is 0 Å². The highest BCUT2D eigenvalue weighted by Gasteiger charge is 2.44. The van der Waals surface area contributed by atoms with Crippen LogP contribution in [0.15, 0.2) is 12.1 Å². The van der Waals surface area contributed by atoms with E-state index in [0.29, 0.717) is 6.54 Å². The van der Waals surface area contributed by atoms with Gasteiger partial charge in [0.25, 0.3) is 11.6 Å². The summed E-state index contributed by atoms with van der Waals surface area (Å²) in [4.78, 5) is 10.1. The molecular formula is C13H13F2N3O4. The second-order valence-electron chi connectivity index (χ2n) is 4.72. The quantitative estimate of drug-likeness (QED) is 0.673. The van der Waals surface area contributed by atoms with E-state index in [4.69, 9.17) is 14.7 Å². The van der Waals surface area contributed by atoms with Crippen LogP contribution in [0, 0.1) is 21.4 Å². The van der Waals surface area contributed by atoms with Gasteiger partial charge in [-0.25, -0.2) is 8.78 Å². The van der Waals surface area contributed by atoms with E-state index in [1.165, 1.54) is 7.11 Å². The van der Waals surface area contributed by atoms with Crippen LogP contribution in [-0.2, 0) is 0 Å². The number of methoxy groups -OCH3 is 1. The average Bonchev–Trinajstić information content (AvgIpc) is 2.48. The van der Waals surface area contributed by atoms with E-state index >= 15 is 0 Å². The summed E-state index contributed by atoms with van der Waals surface area (Å²) in [6.45, 7) is -0.154. The highest BCUT2D eigenvalue weighted by Crippen LogP contribution is 2.37. The summed E-state index contributed by atoms with van der Waals surface area (Å²) in [5.41, 5.74) is -0.748. The Morgan fingerprint density at radius 3 is 2.77 bits per heavy atom. The summed E-state index contributed by atoms with van der Waals surface area (Å²) in [6.07, 6.45) is -1.33. The molecule has 0 unspecified atom stereocenters. The Morgan fingerprint density at radius 2 is 2.23 bits per heavy atom. The van der Waals surface area contributed by atoms with Crippen LogP contribution < -0.4 is 14.8 Å². The van der Waals surface area contributed by atoms with E-state index in [-0.39, 0.29) is 23.5 Å². The fourth-order valence-electron chi connectivity index (χ4n) is 2.15. The van der Waals surface area contributed by atoms with Gasteiger partial charge in [-0.2, -0.15) is 5.26 Å². The number of hydrogen-bond acceptors (Lipinski definition) is 6. The van der Waals surface area contributed by atoms with Crippen LogP contribution in [-0.4, -0.2) is 37.1 Å². The van der Waals surface area contributed by atoms with Gasteiger partial charge in [0.1, 0.15) is 11.6 Å². The first-order chi connectivity index (χ1) is 10.4. The lowest BCUT2D eigenvalue weighted by molar-refractivity contribution is -0.385. The molecule has 1 heterocycles. The molecule has 1 aromatic carbocycles. The average molecular weight is 313 g/mol. The lowest BCUT2D eigenvalue weighted by Gasteiger charge is -2.32. The van der Waals surface area contributed by atoms with Crippen LogP contribution in [0.25, 0.3) is 0 Å². The van der Waals surface area contributed by atoms with Crippen LogP contribution in [0.3, 0.4) is 0 Å². The Balaban J connectivity index is 2.38. The molecule has 0 saturated carbocycles. The Labute approximate surface area is 124 Å². The molecule has 1 atom stereocenters. The molecule has 1 aliphatic heterocycles. The standard InChI is InChI=1S/C13H13F2N3O4/c1-21-10-5-9(18(19)20)8(6-16)4-11(10)22-12-2-3-17-7-13(12,14)15/h4-5,12,17H,2-3,7H2,1H3/t12-/m1/s1. The maximum atomic E-state index is 13.8. The summed E-state index contributed by atoms with van der Waals surface area (Å²) in [6, 6.07) is 3.69. The van der Waals surface area contributed by atoms with Gasteiger partial charge in [0.05, 0.1) is 24.6 Å². The molecule has 9 heteroatoms. The Bertz CT molecular complexity index is 630. The predicted octanol–water partition coefficient (Wildman–Crippen LogP) is 1.85. The van der Waals surface area contributed by atoms with Crippen LogP contribution in [0.5, 0.6) is 11.5 Å². The van der Waals surface area contributed by atoms with Crippen molar-refractivity contribution in [2.45, 2.75) is 18.4 Å². The molecule has 1 aliphatic rings. The largest absolute Gasteiger partial charge is 0.493 e. The number of nitro benzene ring substituents is 1. The SMILES string of the molecule is COc1cc([N+](=O)[O-])c(C#N)cc1O[C@@H]1CCNCC1(F)F. The molecule has 1 N–H and O–H groups in total. The number of rotatable bonds is 4. The van der Waals surface area contributed by atoms with Gasteiger partial charge in [0.15, 0.2) is 17.6 Å². The number of alkyl halides is 2. The number of benzene rings is 1. The van der Waals surface area contributed by atoms with Crippen molar-refractivity contribution in [1.29, 1.82) is 5.26 Å². The van der Waals surface area contributed by atoms with Gasteiger partial charge < -0.3 is 14.8 Å². The summed E-state index contributed by atoms with van der Waals surface area (Å²) >= 11 is 0. The molecule has 0 amide bonds. The van der Waals surface area contributed by atoms with E-state index < -0.39 is 29.2 Å². The van der Waals surface area contributed by atoms with Crippen LogP contribution >= 0.6 is 0 Å². The normalized spacial score (nSPS) is 20.0. The van der Waals surface area contributed by atoms with Crippen LogP contribution in [0.2, 0.25) is 0 Å². The maximum Gasteiger partial charge on any atom is 0.296 e. The van der Waals surface area contributed by atoms with Crippen molar-refractivity contribution in [3.05, 3.63) is 27.8 Å². The monoisotopic (exact) mass is 313 g/mol. The zero-order chi connectivity index (χ0) is 16.3. The molecule has 2 rings (SSSR count). The molecule has 22 heavy (non-hydrogen) atoms. The molecule has 1 aromatic rings. The zero-order valence-electron chi connectivity index (χ0n) is 11.6. The summed E-state index contributed by atoms with van der Waals surface area (Å²) < 4.78 is 37.8. The summed E-state index contributed by atoms with van der Waals surface area (Å²) in [5.74, 6) is -3.27. The third-order valence-corrected chi connectivity index (χ3v) is 3.28. The molecule has 1 fully saturated rings. The number of piperidine rings is 1. The van der Waals surface area contributed by atoms with Gasteiger partial charge in [-0.05, 0) is 6.54 Å². The highest BCUT2D eigenvalue weighted by molar-refractivity contribution is 5.58. The van der Waals surface area contributed by atoms with Crippen molar-refractivity contribution in [1.82, 2.24) is 5.32 Å². The summed E-state index contributed by atoms with van der Waals surface area (Å²) in [7, 11) is 1.23. The van der Waals surface area contributed by atoms with E-state index in [0.717, 1.165) is 12.1 Å². The molecule has 118 valence electrons. The predicted molar refractivity (Wildman–Crippen MR) is 71.2 cm³/mol. The first-order valence-electron chi connectivity index (χ1n) is 6.40. The van der Waals surface area contributed by atoms with Crippen LogP contribution in [0.1, 0.15) is 12.0 Å². The van der Waals surface area contributed by atoms with Crippen molar-refractivity contribution < 1.29 is 23.2 Å². The minimum absolute atomic E-state index is 0.0645. The Hall–Kier alpha value is -2.47. The first kappa shape index (κ1) is 15.9. The van der Waals surface area contributed by atoms with Crippen LogP contribution in [0.4, 0.5) is 14.5 Å². The number of nitriles is 1. The van der Waals surface area contributed by atoms with Gasteiger partial charge in [0.2, 0.25) is 0 Å². The number of nitrogens with one attached hydrogen (secondary N) is 1. The number of nitrogens with zero attached hydrogens (tertiary/aromatic N) is 2. The van der Waals surface area contributed by atoms with Crippen molar-refractivity contribution in [3.63, 3.8) is 0 Å². The lowest BCUT2D eigenvalue weighted by Crippen LogP contribution is -2.52. The smallest absolute Gasteiger partial charge is 0.296 e. The van der Waals surface area contributed by atoms with Gasteiger partial charge >= 0.3 is 0 Å². The van der Waals surface area contributed by atoms with Crippen molar-refractivity contribution in [3.8, 4) is 17.6 Å². The minimum Gasteiger partial charge on any atom is -0.493 e. The Morgan fingerprint density at radius 1 is 1.50 bits per heavy atom. The first-order valence-corrected chi connectivity index (χ1v) is 6.40. The van der Waals surface area contributed by atoms with Gasteiger partial charge in [-0.1, -0.05) is 0 Å². The highest BCUT2D eigenvalue weighted by atomic mass is 19.3. The van der Waals surface area contributed by atoms with Crippen molar-refractivity contribution in [2.75, 3.05) is 20.2 Å². The van der Waals surface area contributed by atoms with Gasteiger partial charge in [0, 0.05) is 12.5 Å². The Kier molecular flexibility index (Phi) is 4.42. The molecule has 0 radical (unpaired) electrons. The van der Waals surface area contributed by atoms with E-state index in [1.54, 1.807) is 6.07 Å². The lowest BCUT2D eigenvalue weighted by atomic mass is 10.1. The third kappa shape index (κ3) is 3.07. The number of nitro groups is 1. The second kappa shape index (κ2) is 6.11. The summed E-state index contributed by atoms with van der Waals surface area (Å²) in [5, 5.41) is 22.4. The zero-order valence-corrected chi connectivity index (χ0v) is 11.6. The molecular weight excluding hydrogens is 300 g/mol. The molecule has 7 nitrogen and oxygen atoms in total. The molecule has 0 aliphatic carbocycles. The fourth-order valence-corrected chi connectivity index (χ4v) is 2.15. The molecule has 1 saturated heterocycles. The topological polar surface area (TPSA) is 97.4 Å². The van der Waals surface area contributed by atoms with Gasteiger partial charge in [-0.3, -0.25) is 10.1 Å². The van der Waals surface area contributed by atoms with E-state index in [9.17, 15) is 18.9 Å². The van der Waals surface area contributed by atoms with Crippen molar-refractivity contribution >= 4 is 5.69 Å². The molecule has 0 spiro atoms. The number of hydrogen-bond donors (Lipinski definition) is 1. The van der Waals surface area contributed by atoms with Crippen molar-refractivity contribution in [2.24, 2.45) is 0 Å². The number of halogens is 2.